The Morgan fingerprint density at radius 3 is 1.88 bits per heavy atom. The van der Waals surface area contributed by atoms with E-state index in [2.05, 4.69) is 25.8 Å². The molecule has 0 aromatic carbocycles. The molecule has 0 aliphatic rings. The van der Waals surface area contributed by atoms with Crippen molar-refractivity contribution in [2.45, 2.75) is 51.5 Å². The molecule has 0 rings (SSSR count). The summed E-state index contributed by atoms with van der Waals surface area (Å²) in [5, 5.41) is 0. The first-order chi connectivity index (χ1) is 7.64. The van der Waals surface area contributed by atoms with Crippen LogP contribution in [0.3, 0.4) is 0 Å². The first-order valence-corrected chi connectivity index (χ1v) is 6.12. The van der Waals surface area contributed by atoms with Crippen LogP contribution in [0.25, 0.3) is 0 Å². The molecule has 2 N–H and O–H groups in total. The van der Waals surface area contributed by atoms with E-state index in [0.29, 0.717) is 18.6 Å². The number of hydrogen-bond acceptors (Lipinski definition) is 4. The molecule has 98 valence electrons. The summed E-state index contributed by atoms with van der Waals surface area (Å²) in [5.74, 6) is 0. The minimum Gasteiger partial charge on any atom is -0.356 e. The molecule has 0 fully saturated rings. The van der Waals surface area contributed by atoms with Crippen LogP contribution in [0, 0.1) is 0 Å². The van der Waals surface area contributed by atoms with Gasteiger partial charge in [0.2, 0.25) is 0 Å². The standard InChI is InChI=1S/C12H28N2O2/c1-6-10(7-2)14(3)11(9-13)8-12(15-4)16-5/h10-12H,6-9,13H2,1-5H3. The van der Waals surface area contributed by atoms with Crippen LogP contribution < -0.4 is 5.73 Å². The van der Waals surface area contributed by atoms with Gasteiger partial charge in [0.15, 0.2) is 6.29 Å². The van der Waals surface area contributed by atoms with Gasteiger partial charge in [-0.15, -0.1) is 0 Å². The quantitative estimate of drug-likeness (QED) is 0.611. The number of nitrogens with two attached hydrogens (primary N) is 1. The molecule has 0 spiro atoms. The summed E-state index contributed by atoms with van der Waals surface area (Å²) in [5.41, 5.74) is 5.83. The van der Waals surface area contributed by atoms with E-state index in [1.165, 1.54) is 0 Å². The molecule has 0 amide bonds. The zero-order valence-electron chi connectivity index (χ0n) is 11.4. The average Bonchev–Trinajstić information content (AvgIpc) is 2.32. The predicted octanol–water partition coefficient (Wildman–Crippen LogP) is 1.44. The van der Waals surface area contributed by atoms with E-state index in [0.717, 1.165) is 19.3 Å². The lowest BCUT2D eigenvalue weighted by Crippen LogP contribution is -2.46. The molecular formula is C12H28N2O2. The Kier molecular flexibility index (Phi) is 8.84. The first-order valence-electron chi connectivity index (χ1n) is 6.12. The van der Waals surface area contributed by atoms with Gasteiger partial charge in [0.25, 0.3) is 0 Å². The number of ether oxygens (including phenoxy) is 2. The summed E-state index contributed by atoms with van der Waals surface area (Å²) in [7, 11) is 5.47. The normalized spacial score (nSPS) is 14.1. The van der Waals surface area contributed by atoms with Gasteiger partial charge in [0.1, 0.15) is 0 Å². The van der Waals surface area contributed by atoms with Crippen LogP contribution in [-0.2, 0) is 9.47 Å². The van der Waals surface area contributed by atoms with Gasteiger partial charge < -0.3 is 15.2 Å². The fraction of sp³-hybridized carbons (Fsp3) is 1.00. The van der Waals surface area contributed by atoms with E-state index in [1.807, 2.05) is 0 Å². The summed E-state index contributed by atoms with van der Waals surface area (Å²) in [6.07, 6.45) is 2.95. The maximum Gasteiger partial charge on any atom is 0.158 e. The Balaban J connectivity index is 4.34. The highest BCUT2D eigenvalue weighted by atomic mass is 16.7. The van der Waals surface area contributed by atoms with E-state index < -0.39 is 0 Å². The van der Waals surface area contributed by atoms with Gasteiger partial charge in [-0.05, 0) is 19.9 Å². The fourth-order valence-electron chi connectivity index (χ4n) is 2.10. The third kappa shape index (κ3) is 4.78. The van der Waals surface area contributed by atoms with Crippen LogP contribution in [-0.4, -0.2) is 51.1 Å². The molecular weight excluding hydrogens is 204 g/mol. The molecule has 0 radical (unpaired) electrons. The van der Waals surface area contributed by atoms with E-state index in [-0.39, 0.29) is 6.29 Å². The van der Waals surface area contributed by atoms with Crippen LogP contribution in [0.1, 0.15) is 33.1 Å². The maximum absolute atomic E-state index is 5.83. The zero-order chi connectivity index (χ0) is 12.6. The van der Waals surface area contributed by atoms with Gasteiger partial charge >= 0.3 is 0 Å². The van der Waals surface area contributed by atoms with Gasteiger partial charge in [0.05, 0.1) is 0 Å². The number of nitrogens with zero attached hydrogens (tertiary/aromatic N) is 1. The van der Waals surface area contributed by atoms with Crippen molar-refractivity contribution >= 4 is 0 Å². The van der Waals surface area contributed by atoms with Crippen molar-refractivity contribution in [1.82, 2.24) is 4.90 Å². The number of methoxy groups -OCH3 is 2. The van der Waals surface area contributed by atoms with Crippen molar-refractivity contribution in [3.05, 3.63) is 0 Å². The highest BCUT2D eigenvalue weighted by Gasteiger charge is 2.22. The van der Waals surface area contributed by atoms with Gasteiger partial charge in [-0.2, -0.15) is 0 Å². The van der Waals surface area contributed by atoms with E-state index in [4.69, 9.17) is 15.2 Å². The molecule has 0 saturated heterocycles. The molecule has 4 nitrogen and oxygen atoms in total. The molecule has 0 aliphatic carbocycles. The van der Waals surface area contributed by atoms with Crippen molar-refractivity contribution in [3.63, 3.8) is 0 Å². The second-order valence-electron chi connectivity index (χ2n) is 4.16. The van der Waals surface area contributed by atoms with E-state index in [1.54, 1.807) is 14.2 Å². The summed E-state index contributed by atoms with van der Waals surface area (Å²) in [6, 6.07) is 0.901. The molecule has 16 heavy (non-hydrogen) atoms. The third-order valence-corrected chi connectivity index (χ3v) is 3.36. The predicted molar refractivity (Wildman–Crippen MR) is 67.4 cm³/mol. The van der Waals surface area contributed by atoms with Crippen molar-refractivity contribution in [3.8, 4) is 0 Å². The molecule has 0 heterocycles. The lowest BCUT2D eigenvalue weighted by molar-refractivity contribution is -0.117. The number of rotatable bonds is 9. The number of likely N-dealkylation sites (N-methyl/N-ethyl adjacent to an activating group) is 1. The van der Waals surface area contributed by atoms with Crippen molar-refractivity contribution in [2.24, 2.45) is 5.73 Å². The van der Waals surface area contributed by atoms with Crippen molar-refractivity contribution in [2.75, 3.05) is 27.8 Å². The lowest BCUT2D eigenvalue weighted by Gasteiger charge is -2.35. The summed E-state index contributed by atoms with van der Waals surface area (Å²) >= 11 is 0. The van der Waals surface area contributed by atoms with Crippen LogP contribution in [0.5, 0.6) is 0 Å². The molecule has 4 heteroatoms. The van der Waals surface area contributed by atoms with Crippen LogP contribution in [0.4, 0.5) is 0 Å². The van der Waals surface area contributed by atoms with Crippen molar-refractivity contribution < 1.29 is 9.47 Å². The largest absolute Gasteiger partial charge is 0.356 e. The highest BCUT2D eigenvalue weighted by Crippen LogP contribution is 2.14. The first kappa shape index (κ1) is 15.8. The van der Waals surface area contributed by atoms with Gasteiger partial charge in [-0.3, -0.25) is 4.90 Å². The van der Waals surface area contributed by atoms with E-state index >= 15 is 0 Å². The number of hydrogen-bond donors (Lipinski definition) is 1. The Hall–Kier alpha value is -0.160. The minimum atomic E-state index is -0.162. The monoisotopic (exact) mass is 232 g/mol. The fourth-order valence-corrected chi connectivity index (χ4v) is 2.10. The molecule has 1 atom stereocenters. The topological polar surface area (TPSA) is 47.7 Å². The van der Waals surface area contributed by atoms with Crippen LogP contribution in [0.2, 0.25) is 0 Å². The van der Waals surface area contributed by atoms with E-state index in [9.17, 15) is 0 Å². The Morgan fingerprint density at radius 2 is 1.56 bits per heavy atom. The molecule has 1 unspecified atom stereocenters. The molecule has 0 aromatic rings. The SMILES string of the molecule is CCC(CC)N(C)C(CN)CC(OC)OC. The molecule has 0 saturated carbocycles. The summed E-state index contributed by atoms with van der Waals surface area (Å²) in [4.78, 5) is 2.35. The Labute approximate surface area is 100 Å². The Bertz CT molecular complexity index is 159. The van der Waals surface area contributed by atoms with Gasteiger partial charge in [0, 0.05) is 39.3 Å². The maximum atomic E-state index is 5.83. The summed E-state index contributed by atoms with van der Waals surface area (Å²) in [6.45, 7) is 5.06. The smallest absolute Gasteiger partial charge is 0.158 e. The second kappa shape index (κ2) is 8.93. The lowest BCUT2D eigenvalue weighted by atomic mass is 10.1. The highest BCUT2D eigenvalue weighted by molar-refractivity contribution is 4.76. The molecule has 0 bridgehead atoms. The third-order valence-electron chi connectivity index (χ3n) is 3.36. The average molecular weight is 232 g/mol. The second-order valence-corrected chi connectivity index (χ2v) is 4.16. The van der Waals surface area contributed by atoms with Crippen LogP contribution in [0.15, 0.2) is 0 Å². The van der Waals surface area contributed by atoms with Gasteiger partial charge in [-0.1, -0.05) is 13.8 Å². The van der Waals surface area contributed by atoms with Crippen LogP contribution >= 0.6 is 0 Å². The Morgan fingerprint density at radius 1 is 1.06 bits per heavy atom. The van der Waals surface area contributed by atoms with Gasteiger partial charge in [-0.25, -0.2) is 0 Å². The molecule has 0 aliphatic heterocycles. The molecule has 0 aromatic heterocycles. The zero-order valence-corrected chi connectivity index (χ0v) is 11.4. The van der Waals surface area contributed by atoms with Crippen molar-refractivity contribution in [1.29, 1.82) is 0 Å². The minimum absolute atomic E-state index is 0.162. The summed E-state index contributed by atoms with van der Waals surface area (Å²) < 4.78 is 10.4.